The van der Waals surface area contributed by atoms with Crippen LogP contribution in [-0.2, 0) is 5.54 Å². The summed E-state index contributed by atoms with van der Waals surface area (Å²) in [5.41, 5.74) is 10.4. The zero-order chi connectivity index (χ0) is 10.0. The van der Waals surface area contributed by atoms with Gasteiger partial charge in [-0.3, -0.25) is 5.43 Å². The molecule has 1 aromatic carbocycles. The molecule has 0 saturated carbocycles. The lowest BCUT2D eigenvalue weighted by atomic mass is 9.92. The van der Waals surface area contributed by atoms with Gasteiger partial charge < -0.3 is 5.73 Å². The number of nitrogens with zero attached hydrogens (tertiary/aromatic N) is 1. The van der Waals surface area contributed by atoms with Gasteiger partial charge in [-0.2, -0.15) is 5.10 Å². The number of nitrogens with one attached hydrogen (secondary N) is 1. The molecule has 1 aliphatic heterocycles. The molecule has 0 amide bonds. The first-order valence-corrected chi connectivity index (χ1v) is 4.55. The summed E-state index contributed by atoms with van der Waals surface area (Å²) in [6, 6.07) is 7.81. The Morgan fingerprint density at radius 2 is 2.00 bits per heavy atom. The Bertz CT molecular complexity index is 378. The van der Waals surface area contributed by atoms with E-state index in [-0.39, 0.29) is 5.54 Å². The number of anilines is 1. The normalized spacial score (nSPS) is 24.6. The smallest absolute Gasteiger partial charge is 0.0953 e. The molecule has 0 aliphatic carbocycles. The molecule has 3 N–H and O–H groups in total. The van der Waals surface area contributed by atoms with Crippen molar-refractivity contribution in [3.05, 3.63) is 42.0 Å². The second kappa shape index (κ2) is 3.18. The fourth-order valence-corrected chi connectivity index (χ4v) is 1.48. The zero-order valence-corrected chi connectivity index (χ0v) is 8.07. The number of hydrogen-bond acceptors (Lipinski definition) is 3. The fourth-order valence-electron chi connectivity index (χ4n) is 1.48. The van der Waals surface area contributed by atoms with Crippen molar-refractivity contribution in [1.82, 2.24) is 5.43 Å². The predicted octanol–water partition coefficient (Wildman–Crippen LogP) is 1.63. The maximum atomic E-state index is 5.63. The van der Waals surface area contributed by atoms with Crippen LogP contribution >= 0.6 is 0 Å². The van der Waals surface area contributed by atoms with Gasteiger partial charge in [0.1, 0.15) is 0 Å². The molecule has 0 saturated heterocycles. The van der Waals surface area contributed by atoms with Gasteiger partial charge in [0.15, 0.2) is 0 Å². The standard InChI is InChI=1S/C11H13N3/c1-11(7-2-8-13-14-11)9-3-5-10(12)6-4-9/h2-8,14H,12H2,1H3. The van der Waals surface area contributed by atoms with Crippen LogP contribution < -0.4 is 11.2 Å². The van der Waals surface area contributed by atoms with E-state index in [0.29, 0.717) is 0 Å². The third-order valence-corrected chi connectivity index (χ3v) is 2.40. The average Bonchev–Trinajstić information content (AvgIpc) is 2.19. The average molecular weight is 187 g/mol. The van der Waals surface area contributed by atoms with Gasteiger partial charge in [0.2, 0.25) is 0 Å². The van der Waals surface area contributed by atoms with Crippen molar-refractivity contribution in [2.75, 3.05) is 5.73 Å². The van der Waals surface area contributed by atoms with Gasteiger partial charge in [0.25, 0.3) is 0 Å². The van der Waals surface area contributed by atoms with Crippen LogP contribution in [-0.4, -0.2) is 6.21 Å². The number of nitrogen functional groups attached to an aromatic ring is 1. The summed E-state index contributed by atoms with van der Waals surface area (Å²) in [5.74, 6) is 0. The molecule has 1 heterocycles. The van der Waals surface area contributed by atoms with Gasteiger partial charge in [-0.1, -0.05) is 18.2 Å². The summed E-state index contributed by atoms with van der Waals surface area (Å²) < 4.78 is 0. The molecule has 0 bridgehead atoms. The van der Waals surface area contributed by atoms with Crippen LogP contribution in [0.15, 0.2) is 41.5 Å². The highest BCUT2D eigenvalue weighted by atomic mass is 15.3. The van der Waals surface area contributed by atoms with Crippen LogP contribution in [0.25, 0.3) is 0 Å². The van der Waals surface area contributed by atoms with E-state index in [9.17, 15) is 0 Å². The van der Waals surface area contributed by atoms with E-state index in [1.165, 1.54) is 0 Å². The molecule has 1 aliphatic rings. The van der Waals surface area contributed by atoms with E-state index in [1.807, 2.05) is 30.3 Å². The minimum atomic E-state index is -0.220. The SMILES string of the molecule is CC1(c2ccc(N)cc2)C=CC=NN1. The van der Waals surface area contributed by atoms with Crippen molar-refractivity contribution >= 4 is 11.9 Å². The Morgan fingerprint density at radius 1 is 1.29 bits per heavy atom. The lowest BCUT2D eigenvalue weighted by molar-refractivity contribution is 0.469. The Morgan fingerprint density at radius 3 is 2.57 bits per heavy atom. The Balaban J connectivity index is 2.34. The number of allylic oxidation sites excluding steroid dienone is 1. The van der Waals surface area contributed by atoms with Crippen LogP contribution in [0.1, 0.15) is 12.5 Å². The van der Waals surface area contributed by atoms with E-state index >= 15 is 0 Å². The van der Waals surface area contributed by atoms with E-state index in [0.717, 1.165) is 11.3 Å². The minimum Gasteiger partial charge on any atom is -0.399 e. The zero-order valence-electron chi connectivity index (χ0n) is 8.07. The summed E-state index contributed by atoms with van der Waals surface area (Å²) in [7, 11) is 0. The van der Waals surface area contributed by atoms with Gasteiger partial charge >= 0.3 is 0 Å². The van der Waals surface area contributed by atoms with Crippen molar-refractivity contribution in [3.8, 4) is 0 Å². The largest absolute Gasteiger partial charge is 0.399 e. The van der Waals surface area contributed by atoms with Crippen molar-refractivity contribution in [3.63, 3.8) is 0 Å². The predicted molar refractivity (Wildman–Crippen MR) is 59.0 cm³/mol. The molecule has 1 unspecified atom stereocenters. The van der Waals surface area contributed by atoms with Crippen LogP contribution in [0.2, 0.25) is 0 Å². The molecule has 3 heteroatoms. The van der Waals surface area contributed by atoms with E-state index in [4.69, 9.17) is 5.73 Å². The quantitative estimate of drug-likeness (QED) is 0.656. The molecule has 72 valence electrons. The Kier molecular flexibility index (Phi) is 2.00. The number of rotatable bonds is 1. The fraction of sp³-hybridized carbons (Fsp3) is 0.182. The first kappa shape index (κ1) is 8.81. The summed E-state index contributed by atoms with van der Waals surface area (Å²) in [6.45, 7) is 2.07. The summed E-state index contributed by atoms with van der Waals surface area (Å²) in [4.78, 5) is 0. The first-order chi connectivity index (χ1) is 6.71. The van der Waals surface area contributed by atoms with Crippen molar-refractivity contribution in [2.45, 2.75) is 12.5 Å². The summed E-state index contributed by atoms with van der Waals surface area (Å²) in [6.07, 6.45) is 5.75. The molecule has 0 fully saturated rings. The van der Waals surface area contributed by atoms with E-state index in [2.05, 4.69) is 23.5 Å². The van der Waals surface area contributed by atoms with Gasteiger partial charge in [-0.05, 0) is 30.7 Å². The van der Waals surface area contributed by atoms with Crippen molar-refractivity contribution in [2.24, 2.45) is 5.10 Å². The maximum absolute atomic E-state index is 5.63. The molecule has 1 atom stereocenters. The van der Waals surface area contributed by atoms with Gasteiger partial charge in [-0.15, -0.1) is 0 Å². The molecule has 0 aromatic heterocycles. The first-order valence-electron chi connectivity index (χ1n) is 4.55. The molecule has 0 spiro atoms. The summed E-state index contributed by atoms with van der Waals surface area (Å²) in [5, 5.41) is 4.04. The molecule has 1 aromatic rings. The topological polar surface area (TPSA) is 50.4 Å². The van der Waals surface area contributed by atoms with Gasteiger partial charge in [-0.25, -0.2) is 0 Å². The lowest BCUT2D eigenvalue weighted by Crippen LogP contribution is -2.35. The third-order valence-electron chi connectivity index (χ3n) is 2.40. The highest BCUT2D eigenvalue weighted by molar-refractivity contribution is 5.72. The molecular weight excluding hydrogens is 174 g/mol. The minimum absolute atomic E-state index is 0.220. The number of benzene rings is 1. The second-order valence-corrected chi connectivity index (χ2v) is 3.57. The van der Waals surface area contributed by atoms with Crippen LogP contribution in [0, 0.1) is 0 Å². The Hall–Kier alpha value is -1.77. The van der Waals surface area contributed by atoms with E-state index < -0.39 is 0 Å². The molecule has 2 rings (SSSR count). The van der Waals surface area contributed by atoms with Crippen LogP contribution in [0.3, 0.4) is 0 Å². The second-order valence-electron chi connectivity index (χ2n) is 3.57. The molecule has 14 heavy (non-hydrogen) atoms. The maximum Gasteiger partial charge on any atom is 0.0953 e. The number of hydrogen-bond donors (Lipinski definition) is 2. The van der Waals surface area contributed by atoms with Crippen molar-refractivity contribution < 1.29 is 0 Å². The van der Waals surface area contributed by atoms with Gasteiger partial charge in [0.05, 0.1) is 5.54 Å². The number of hydrazone groups is 1. The van der Waals surface area contributed by atoms with Gasteiger partial charge in [0, 0.05) is 11.9 Å². The monoisotopic (exact) mass is 187 g/mol. The molecule has 3 nitrogen and oxygen atoms in total. The van der Waals surface area contributed by atoms with Crippen LogP contribution in [0.4, 0.5) is 5.69 Å². The molecule has 0 radical (unpaired) electrons. The Labute approximate surface area is 83.3 Å². The highest BCUT2D eigenvalue weighted by Crippen LogP contribution is 2.24. The third kappa shape index (κ3) is 1.48. The highest BCUT2D eigenvalue weighted by Gasteiger charge is 2.23. The lowest BCUT2D eigenvalue weighted by Gasteiger charge is -2.28. The van der Waals surface area contributed by atoms with Crippen molar-refractivity contribution in [1.29, 1.82) is 0 Å². The van der Waals surface area contributed by atoms with Crippen LogP contribution in [0.5, 0.6) is 0 Å². The molecular formula is C11H13N3. The van der Waals surface area contributed by atoms with E-state index in [1.54, 1.807) is 6.21 Å². The summed E-state index contributed by atoms with van der Waals surface area (Å²) >= 11 is 0. The number of nitrogens with two attached hydrogens (primary N) is 1.